The molecule has 0 aliphatic heterocycles. The monoisotopic (exact) mass is 293 g/mol. The van der Waals surface area contributed by atoms with Crippen LogP contribution in [0.4, 0.5) is 4.39 Å². The first-order valence-corrected chi connectivity index (χ1v) is 6.79. The quantitative estimate of drug-likeness (QED) is 0.618. The fraction of sp³-hybridized carbons (Fsp3) is 0.438. The van der Waals surface area contributed by atoms with Crippen molar-refractivity contribution in [1.29, 1.82) is 0 Å². The number of aliphatic hydroxyl groups is 1. The number of benzene rings is 1. The van der Waals surface area contributed by atoms with Crippen LogP contribution in [-0.2, 0) is 4.74 Å². The van der Waals surface area contributed by atoms with Crippen LogP contribution in [0, 0.1) is 23.6 Å². The van der Waals surface area contributed by atoms with Gasteiger partial charge in [0.2, 0.25) is 0 Å². The number of carbonyl (C=O) groups is 1. The average Bonchev–Trinajstić information content (AvgIpc) is 2.45. The average molecular weight is 293 g/mol. The van der Waals surface area contributed by atoms with Crippen molar-refractivity contribution in [3.05, 3.63) is 35.1 Å². The summed E-state index contributed by atoms with van der Waals surface area (Å²) >= 11 is 0. The summed E-state index contributed by atoms with van der Waals surface area (Å²) in [6.07, 6.45) is 0. The molecule has 1 aromatic rings. The zero-order valence-corrected chi connectivity index (χ0v) is 12.3. The van der Waals surface area contributed by atoms with Crippen LogP contribution >= 0.6 is 0 Å². The number of carbonyl (C=O) groups excluding carboxylic acids is 1. The van der Waals surface area contributed by atoms with Crippen molar-refractivity contribution in [1.82, 2.24) is 5.32 Å². The highest BCUT2D eigenvalue weighted by Gasteiger charge is 2.08. The smallest absolute Gasteiger partial charge is 0.251 e. The Morgan fingerprint density at radius 1 is 1.48 bits per heavy atom. The predicted octanol–water partition coefficient (Wildman–Crippen LogP) is 1.57. The van der Waals surface area contributed by atoms with Crippen LogP contribution in [0.5, 0.6) is 0 Å². The van der Waals surface area contributed by atoms with E-state index in [1.165, 1.54) is 12.1 Å². The Morgan fingerprint density at radius 2 is 2.24 bits per heavy atom. The molecule has 4 nitrogen and oxygen atoms in total. The van der Waals surface area contributed by atoms with Gasteiger partial charge in [-0.15, -0.1) is 0 Å². The topological polar surface area (TPSA) is 58.6 Å². The third kappa shape index (κ3) is 6.39. The van der Waals surface area contributed by atoms with Gasteiger partial charge in [-0.05, 0) is 24.1 Å². The summed E-state index contributed by atoms with van der Waals surface area (Å²) in [5, 5.41) is 11.2. The van der Waals surface area contributed by atoms with Gasteiger partial charge in [0.15, 0.2) is 0 Å². The Kier molecular flexibility index (Phi) is 7.44. The number of ether oxygens (including phenoxy) is 1. The molecule has 0 heterocycles. The summed E-state index contributed by atoms with van der Waals surface area (Å²) < 4.78 is 19.0. The third-order valence-electron chi connectivity index (χ3n) is 2.52. The van der Waals surface area contributed by atoms with Crippen LogP contribution in [0.2, 0.25) is 0 Å². The molecule has 0 fully saturated rings. The first-order valence-electron chi connectivity index (χ1n) is 6.79. The van der Waals surface area contributed by atoms with Crippen LogP contribution < -0.4 is 5.32 Å². The molecule has 114 valence electrons. The van der Waals surface area contributed by atoms with E-state index in [0.29, 0.717) is 25.7 Å². The van der Waals surface area contributed by atoms with Gasteiger partial charge in [0.25, 0.3) is 5.91 Å². The molecule has 0 aliphatic rings. The number of hydrogen-bond acceptors (Lipinski definition) is 3. The summed E-state index contributed by atoms with van der Waals surface area (Å²) in [4.78, 5) is 11.8. The van der Waals surface area contributed by atoms with Gasteiger partial charge in [-0.1, -0.05) is 25.7 Å². The number of hydrogen-bond donors (Lipinski definition) is 2. The molecule has 0 aliphatic carbocycles. The molecule has 1 aromatic carbocycles. The third-order valence-corrected chi connectivity index (χ3v) is 2.52. The molecule has 0 unspecified atom stereocenters. The molecule has 0 aromatic heterocycles. The lowest BCUT2D eigenvalue weighted by Crippen LogP contribution is -2.27. The van der Waals surface area contributed by atoms with Crippen molar-refractivity contribution >= 4 is 5.91 Å². The van der Waals surface area contributed by atoms with Gasteiger partial charge in [-0.3, -0.25) is 4.79 Å². The van der Waals surface area contributed by atoms with Gasteiger partial charge in [0.05, 0.1) is 12.2 Å². The Morgan fingerprint density at radius 3 is 2.86 bits per heavy atom. The number of halogens is 1. The minimum Gasteiger partial charge on any atom is -0.384 e. The van der Waals surface area contributed by atoms with Crippen molar-refractivity contribution < 1.29 is 19.0 Å². The number of rotatable bonds is 6. The second kappa shape index (κ2) is 9.11. The molecular formula is C16H20FNO3. The van der Waals surface area contributed by atoms with E-state index in [9.17, 15) is 9.18 Å². The lowest BCUT2D eigenvalue weighted by molar-refractivity contribution is 0.0886. The lowest BCUT2D eigenvalue weighted by atomic mass is 10.1. The zero-order chi connectivity index (χ0) is 15.7. The van der Waals surface area contributed by atoms with Crippen molar-refractivity contribution in [2.75, 3.05) is 26.4 Å². The van der Waals surface area contributed by atoms with Crippen LogP contribution in [-0.4, -0.2) is 37.4 Å². The maximum Gasteiger partial charge on any atom is 0.251 e. The molecule has 0 spiro atoms. The molecule has 2 N–H and O–H groups in total. The maximum absolute atomic E-state index is 13.7. The predicted molar refractivity (Wildman–Crippen MR) is 78.4 cm³/mol. The fourth-order valence-electron chi connectivity index (χ4n) is 1.55. The molecule has 21 heavy (non-hydrogen) atoms. The molecule has 0 saturated carbocycles. The molecule has 0 atom stereocenters. The van der Waals surface area contributed by atoms with Crippen LogP contribution in [0.1, 0.15) is 29.8 Å². The number of nitrogens with one attached hydrogen (secondary N) is 1. The van der Waals surface area contributed by atoms with Crippen molar-refractivity contribution in [3.63, 3.8) is 0 Å². The summed E-state index contributed by atoms with van der Waals surface area (Å²) in [5.41, 5.74) is 0.381. The van der Waals surface area contributed by atoms with Crippen molar-refractivity contribution in [2.24, 2.45) is 5.92 Å². The summed E-state index contributed by atoms with van der Waals surface area (Å²) in [7, 11) is 0. The van der Waals surface area contributed by atoms with E-state index >= 15 is 0 Å². The van der Waals surface area contributed by atoms with E-state index in [4.69, 9.17) is 9.84 Å². The number of aliphatic hydroxyl groups excluding tert-OH is 1. The Balaban J connectivity index is 2.49. The van der Waals surface area contributed by atoms with E-state index in [1.54, 1.807) is 0 Å². The first-order chi connectivity index (χ1) is 10.0. The van der Waals surface area contributed by atoms with Gasteiger partial charge in [-0.2, -0.15) is 0 Å². The lowest BCUT2D eigenvalue weighted by Gasteiger charge is -2.08. The summed E-state index contributed by atoms with van der Waals surface area (Å²) in [5.74, 6) is 4.34. The van der Waals surface area contributed by atoms with Crippen LogP contribution in [0.25, 0.3) is 0 Å². The maximum atomic E-state index is 13.7. The second-order valence-electron chi connectivity index (χ2n) is 4.88. The molecule has 5 heteroatoms. The Bertz CT molecular complexity index is 532. The van der Waals surface area contributed by atoms with E-state index < -0.39 is 5.82 Å². The highest BCUT2D eigenvalue weighted by molar-refractivity contribution is 5.94. The van der Waals surface area contributed by atoms with Gasteiger partial charge in [0, 0.05) is 18.7 Å². The molecule has 0 saturated heterocycles. The van der Waals surface area contributed by atoms with E-state index in [1.807, 2.05) is 13.8 Å². The largest absolute Gasteiger partial charge is 0.384 e. The molecule has 1 amide bonds. The minimum atomic E-state index is -0.584. The second-order valence-corrected chi connectivity index (χ2v) is 4.88. The minimum absolute atomic E-state index is 0.154. The van der Waals surface area contributed by atoms with E-state index in [2.05, 4.69) is 17.2 Å². The molecular weight excluding hydrogens is 273 g/mol. The number of amides is 1. The molecule has 0 bridgehead atoms. The van der Waals surface area contributed by atoms with E-state index in [-0.39, 0.29) is 23.6 Å². The Labute approximate surface area is 124 Å². The summed E-state index contributed by atoms with van der Waals surface area (Å²) in [6, 6.07) is 4.04. The van der Waals surface area contributed by atoms with Crippen LogP contribution in [0.15, 0.2) is 18.2 Å². The standard InChI is InChI=1S/C16H20FNO3/c1-12(2)11-21-9-7-18-16(20)14-6-5-13(4-3-8-19)15(17)10-14/h5-6,10,12,19H,7-9,11H2,1-2H3,(H,18,20). The molecule has 1 rings (SSSR count). The van der Waals surface area contributed by atoms with E-state index in [0.717, 1.165) is 6.07 Å². The van der Waals surface area contributed by atoms with Gasteiger partial charge >= 0.3 is 0 Å². The highest BCUT2D eigenvalue weighted by Crippen LogP contribution is 2.09. The highest BCUT2D eigenvalue weighted by atomic mass is 19.1. The normalized spacial score (nSPS) is 10.1. The van der Waals surface area contributed by atoms with Gasteiger partial charge in [-0.25, -0.2) is 4.39 Å². The van der Waals surface area contributed by atoms with Gasteiger partial charge < -0.3 is 15.2 Å². The van der Waals surface area contributed by atoms with Crippen molar-refractivity contribution in [2.45, 2.75) is 13.8 Å². The van der Waals surface area contributed by atoms with Gasteiger partial charge in [0.1, 0.15) is 12.4 Å². The zero-order valence-electron chi connectivity index (χ0n) is 12.3. The Hall–Kier alpha value is -1.90. The first kappa shape index (κ1) is 17.2. The van der Waals surface area contributed by atoms with Crippen LogP contribution in [0.3, 0.4) is 0 Å². The summed E-state index contributed by atoms with van der Waals surface area (Å²) in [6.45, 7) is 5.19. The van der Waals surface area contributed by atoms with Crippen molar-refractivity contribution in [3.8, 4) is 11.8 Å². The molecule has 0 radical (unpaired) electrons. The SMILES string of the molecule is CC(C)COCCNC(=O)c1ccc(C#CCO)c(F)c1. The fourth-order valence-corrected chi connectivity index (χ4v) is 1.55.